The number of amidine groups is 1. The number of para-hydroxylation sites is 1. The zero-order valence-corrected chi connectivity index (χ0v) is 20.6. The van der Waals surface area contributed by atoms with E-state index >= 15 is 0 Å². The van der Waals surface area contributed by atoms with E-state index in [9.17, 15) is 0 Å². The Kier molecular flexibility index (Phi) is 13.6. The molecule has 0 aliphatic heterocycles. The first-order valence-corrected chi connectivity index (χ1v) is 12.2. The van der Waals surface area contributed by atoms with E-state index in [-0.39, 0.29) is 17.8 Å². The number of aliphatic imine (C=N–C) groups is 1. The van der Waals surface area contributed by atoms with Crippen LogP contribution in [-0.4, -0.2) is 48.6 Å². The molecule has 1 aliphatic rings. The topological polar surface area (TPSA) is 126 Å². The third-order valence-electron chi connectivity index (χ3n) is 4.80. The highest BCUT2D eigenvalue weighted by Gasteiger charge is 2.45. The average Bonchev–Trinajstić information content (AvgIpc) is 3.63. The summed E-state index contributed by atoms with van der Waals surface area (Å²) in [5.41, 5.74) is 14.6. The highest BCUT2D eigenvalue weighted by Crippen LogP contribution is 2.53. The number of anilines is 2. The molecule has 3 rings (SSSR count). The lowest BCUT2D eigenvalue weighted by atomic mass is 10.1. The molecule has 2 aromatic carbocycles. The molecule has 0 saturated heterocycles. The normalized spacial score (nSPS) is 14.2. The number of allylic oxidation sites excluding steroid dienone is 1. The van der Waals surface area contributed by atoms with Gasteiger partial charge in [-0.05, 0) is 69.0 Å². The molecule has 2 aromatic rings. The molecule has 0 radical (unpaired) electrons. The lowest BCUT2D eigenvalue weighted by molar-refractivity contribution is -0.106. The third kappa shape index (κ3) is 10.1. The summed E-state index contributed by atoms with van der Waals surface area (Å²) in [6.07, 6.45) is 7.98. The Morgan fingerprint density at radius 2 is 1.73 bits per heavy atom. The quantitative estimate of drug-likeness (QED) is 0.216. The first-order valence-electron chi connectivity index (χ1n) is 10.9. The van der Waals surface area contributed by atoms with Gasteiger partial charge in [-0.15, -0.1) is 0 Å². The van der Waals surface area contributed by atoms with Gasteiger partial charge in [-0.25, -0.2) is 4.99 Å². The molecular formula is C25H37N5O2S. The molecule has 1 aliphatic carbocycles. The predicted molar refractivity (Wildman–Crippen MR) is 142 cm³/mol. The van der Waals surface area contributed by atoms with Crippen LogP contribution in [0.4, 0.5) is 11.4 Å². The van der Waals surface area contributed by atoms with Crippen molar-refractivity contribution < 1.29 is 9.90 Å². The van der Waals surface area contributed by atoms with Gasteiger partial charge in [-0.2, -0.15) is 11.8 Å². The zero-order chi connectivity index (χ0) is 24.5. The SMILES string of the molecule is CC/C=C(\N=C(N)c1ccc(Nc2ccccc2)cc1)C1(SC)CC1.CNCCO.NC=O. The number of carbonyl (C=O) groups is 1. The van der Waals surface area contributed by atoms with Crippen molar-refractivity contribution >= 4 is 35.4 Å². The number of thioether (sulfide) groups is 1. The number of hydrogen-bond donors (Lipinski definition) is 5. The number of nitrogens with zero attached hydrogens (tertiary/aromatic N) is 1. The van der Waals surface area contributed by atoms with Gasteiger partial charge >= 0.3 is 0 Å². The molecule has 0 unspecified atom stereocenters. The standard InChI is InChI=1S/C21H25N3S.C3H9NO.CH3NO/c1-3-7-19(21(25-2)14-15-21)24-20(22)16-10-12-18(13-11-16)23-17-8-5-4-6-9-17;1-4-2-3-5;2-1-3/h4-13,23H,3,14-15H2,1-2H3,(H2,22,24);4-5H,2-3H2,1H3;1H,(H2,2,3)/b19-7-;;. The number of likely N-dealkylation sites (N-methyl/N-ethyl adjacent to an activating group) is 1. The summed E-state index contributed by atoms with van der Waals surface area (Å²) in [5.74, 6) is 0.589. The minimum absolute atomic E-state index is 0.190. The summed E-state index contributed by atoms with van der Waals surface area (Å²) in [7, 11) is 1.80. The fourth-order valence-electron chi connectivity index (χ4n) is 2.92. The molecule has 0 bridgehead atoms. The van der Waals surface area contributed by atoms with E-state index in [1.54, 1.807) is 7.05 Å². The maximum Gasteiger partial charge on any atom is 0.204 e. The Hall–Kier alpha value is -2.81. The van der Waals surface area contributed by atoms with Crippen LogP contribution in [-0.2, 0) is 4.79 Å². The van der Waals surface area contributed by atoms with E-state index in [0.29, 0.717) is 12.4 Å². The maximum absolute atomic E-state index is 8.58. The Balaban J connectivity index is 0.000000591. The minimum Gasteiger partial charge on any atom is -0.395 e. The van der Waals surface area contributed by atoms with Crippen molar-refractivity contribution in [3.63, 3.8) is 0 Å². The van der Waals surface area contributed by atoms with Crippen LogP contribution < -0.4 is 22.1 Å². The largest absolute Gasteiger partial charge is 0.395 e. The van der Waals surface area contributed by atoms with Gasteiger partial charge in [-0.1, -0.05) is 31.2 Å². The second-order valence-corrected chi connectivity index (χ2v) is 8.41. The minimum atomic E-state index is 0.190. The number of carbonyl (C=O) groups excluding carboxylic acids is 1. The molecule has 1 amide bonds. The number of hydrogen-bond acceptors (Lipinski definition) is 6. The van der Waals surface area contributed by atoms with E-state index in [0.717, 1.165) is 29.1 Å². The van der Waals surface area contributed by atoms with Crippen molar-refractivity contribution in [1.29, 1.82) is 0 Å². The maximum atomic E-state index is 8.58. The van der Waals surface area contributed by atoms with Crippen LogP contribution in [0.15, 0.2) is 71.4 Å². The molecule has 0 heterocycles. The molecule has 7 nitrogen and oxygen atoms in total. The Bertz CT molecular complexity index is 864. The summed E-state index contributed by atoms with van der Waals surface area (Å²) < 4.78 is 0.190. The second-order valence-electron chi connectivity index (χ2n) is 7.22. The zero-order valence-electron chi connectivity index (χ0n) is 19.8. The van der Waals surface area contributed by atoms with Gasteiger partial charge in [0.25, 0.3) is 0 Å². The van der Waals surface area contributed by atoms with Crippen LogP contribution in [0.3, 0.4) is 0 Å². The number of aliphatic hydroxyl groups is 1. The van der Waals surface area contributed by atoms with Crippen molar-refractivity contribution in [2.45, 2.75) is 30.9 Å². The first kappa shape index (κ1) is 28.2. The predicted octanol–water partition coefficient (Wildman–Crippen LogP) is 3.62. The molecule has 0 spiro atoms. The Morgan fingerprint density at radius 3 is 2.15 bits per heavy atom. The lowest BCUT2D eigenvalue weighted by Crippen LogP contribution is -2.16. The highest BCUT2D eigenvalue weighted by molar-refractivity contribution is 8.00. The van der Waals surface area contributed by atoms with Gasteiger partial charge in [-0.3, -0.25) is 4.79 Å². The molecule has 1 fully saturated rings. The molecule has 1 saturated carbocycles. The van der Waals surface area contributed by atoms with Crippen LogP contribution in [0.25, 0.3) is 0 Å². The van der Waals surface area contributed by atoms with Crippen LogP contribution in [0.2, 0.25) is 0 Å². The van der Waals surface area contributed by atoms with Gasteiger partial charge in [0.1, 0.15) is 5.84 Å². The number of nitrogens with two attached hydrogens (primary N) is 2. The molecule has 0 aromatic heterocycles. The lowest BCUT2D eigenvalue weighted by Gasteiger charge is -2.14. The molecule has 33 heavy (non-hydrogen) atoms. The van der Waals surface area contributed by atoms with E-state index in [1.807, 2.05) is 66.4 Å². The summed E-state index contributed by atoms with van der Waals surface area (Å²) in [4.78, 5) is 13.4. The van der Waals surface area contributed by atoms with Crippen LogP contribution >= 0.6 is 11.8 Å². The number of primary amides is 1. The first-order chi connectivity index (χ1) is 16.0. The van der Waals surface area contributed by atoms with Gasteiger partial charge in [0.2, 0.25) is 6.41 Å². The molecule has 0 atom stereocenters. The van der Waals surface area contributed by atoms with E-state index < -0.39 is 0 Å². The summed E-state index contributed by atoms with van der Waals surface area (Å²) in [5, 5.41) is 14.2. The number of rotatable bonds is 9. The Labute approximate surface area is 201 Å². The fraction of sp³-hybridized carbons (Fsp3) is 0.360. The van der Waals surface area contributed by atoms with E-state index in [2.05, 4.69) is 35.6 Å². The number of aliphatic hydroxyl groups excluding tert-OH is 1. The fourth-order valence-corrected chi connectivity index (χ4v) is 3.77. The van der Waals surface area contributed by atoms with Crippen LogP contribution in [0, 0.1) is 0 Å². The van der Waals surface area contributed by atoms with Crippen molar-refractivity contribution in [3.8, 4) is 0 Å². The van der Waals surface area contributed by atoms with Gasteiger partial charge in [0, 0.05) is 23.5 Å². The van der Waals surface area contributed by atoms with Crippen molar-refractivity contribution in [2.75, 3.05) is 31.8 Å². The molecule has 180 valence electrons. The van der Waals surface area contributed by atoms with E-state index in [4.69, 9.17) is 20.6 Å². The van der Waals surface area contributed by atoms with Gasteiger partial charge in [0.15, 0.2) is 0 Å². The van der Waals surface area contributed by atoms with Crippen LogP contribution in [0.5, 0.6) is 0 Å². The van der Waals surface area contributed by atoms with Crippen molar-refractivity contribution in [2.24, 2.45) is 16.5 Å². The summed E-state index contributed by atoms with van der Waals surface area (Å²) >= 11 is 1.89. The number of benzene rings is 2. The van der Waals surface area contributed by atoms with Gasteiger partial charge in [0.05, 0.1) is 17.1 Å². The summed E-state index contributed by atoms with van der Waals surface area (Å²) in [6, 6.07) is 18.2. The summed E-state index contributed by atoms with van der Waals surface area (Å²) in [6.45, 7) is 3.07. The second kappa shape index (κ2) is 15.9. The van der Waals surface area contributed by atoms with Gasteiger partial charge < -0.3 is 27.2 Å². The van der Waals surface area contributed by atoms with E-state index in [1.165, 1.54) is 12.8 Å². The smallest absolute Gasteiger partial charge is 0.204 e. The monoisotopic (exact) mass is 471 g/mol. The third-order valence-corrected chi connectivity index (χ3v) is 6.20. The van der Waals surface area contributed by atoms with Crippen LogP contribution in [0.1, 0.15) is 31.7 Å². The average molecular weight is 472 g/mol. The molecule has 7 N–H and O–H groups in total. The van der Waals surface area contributed by atoms with Crippen molar-refractivity contribution in [3.05, 3.63) is 71.9 Å². The number of nitrogens with one attached hydrogen (secondary N) is 2. The molecular weight excluding hydrogens is 434 g/mol. The Morgan fingerprint density at radius 1 is 1.15 bits per heavy atom. The molecule has 8 heteroatoms. The highest BCUT2D eigenvalue weighted by atomic mass is 32.2. The van der Waals surface area contributed by atoms with Crippen molar-refractivity contribution in [1.82, 2.24) is 5.32 Å². The number of amides is 1.